The van der Waals surface area contributed by atoms with E-state index in [9.17, 15) is 24.2 Å². The SMILES string of the molecule is CC/C=C\C/C=C\C/C=C\CCCCCC(=O)NCCOP(=O)(O)OCC(O)COC(=O)CCCCCCC/C=C\CCC. The first-order chi connectivity index (χ1) is 21.3. The first-order valence-electron chi connectivity index (χ1n) is 16.6. The molecule has 1 amide bonds. The van der Waals surface area contributed by atoms with Crippen LogP contribution in [-0.2, 0) is 27.9 Å². The molecule has 0 aromatic rings. The van der Waals surface area contributed by atoms with E-state index in [0.717, 1.165) is 89.9 Å². The van der Waals surface area contributed by atoms with Crippen molar-refractivity contribution >= 4 is 19.7 Å². The Bertz CT molecular complexity index is 871. The Labute approximate surface area is 266 Å². The minimum atomic E-state index is -4.41. The van der Waals surface area contributed by atoms with Crippen molar-refractivity contribution in [1.82, 2.24) is 5.32 Å². The van der Waals surface area contributed by atoms with E-state index < -0.39 is 26.5 Å². The molecule has 0 radical (unpaired) electrons. The predicted molar refractivity (Wildman–Crippen MR) is 178 cm³/mol. The zero-order valence-corrected chi connectivity index (χ0v) is 28.2. The molecule has 0 bridgehead atoms. The third-order valence-corrected chi connectivity index (χ3v) is 7.46. The molecule has 0 saturated carbocycles. The van der Waals surface area contributed by atoms with Crippen molar-refractivity contribution in [3.05, 3.63) is 48.6 Å². The van der Waals surface area contributed by atoms with Crippen LogP contribution in [0.2, 0.25) is 0 Å². The molecule has 0 aliphatic heterocycles. The third kappa shape index (κ3) is 31.4. The Morgan fingerprint density at radius 1 is 0.727 bits per heavy atom. The van der Waals surface area contributed by atoms with Gasteiger partial charge in [0.1, 0.15) is 12.7 Å². The number of phosphoric ester groups is 1. The van der Waals surface area contributed by atoms with E-state index in [-0.39, 0.29) is 32.1 Å². The number of carbonyl (C=O) groups excluding carboxylic acids is 2. The summed E-state index contributed by atoms with van der Waals surface area (Å²) < 4.78 is 26.6. The van der Waals surface area contributed by atoms with Gasteiger partial charge >= 0.3 is 13.8 Å². The first-order valence-corrected chi connectivity index (χ1v) is 18.1. The fraction of sp³-hybridized carbons (Fsp3) is 0.706. The number of allylic oxidation sites excluding steroid dienone is 8. The molecule has 0 aliphatic rings. The van der Waals surface area contributed by atoms with Crippen molar-refractivity contribution in [3.8, 4) is 0 Å². The highest BCUT2D eigenvalue weighted by molar-refractivity contribution is 7.47. The number of esters is 1. The van der Waals surface area contributed by atoms with E-state index in [4.69, 9.17) is 13.8 Å². The summed E-state index contributed by atoms with van der Waals surface area (Å²) in [5.41, 5.74) is 0. The minimum absolute atomic E-state index is 0.0629. The lowest BCUT2D eigenvalue weighted by atomic mass is 10.1. The molecule has 0 fully saturated rings. The van der Waals surface area contributed by atoms with Gasteiger partial charge in [0.25, 0.3) is 0 Å². The van der Waals surface area contributed by atoms with Crippen molar-refractivity contribution < 1.29 is 37.9 Å². The van der Waals surface area contributed by atoms with Gasteiger partial charge in [0.15, 0.2) is 0 Å². The summed E-state index contributed by atoms with van der Waals surface area (Å²) in [5, 5.41) is 12.6. The van der Waals surface area contributed by atoms with Crippen molar-refractivity contribution in [2.75, 3.05) is 26.4 Å². The lowest BCUT2D eigenvalue weighted by Gasteiger charge is -2.15. The van der Waals surface area contributed by atoms with Gasteiger partial charge in [0.2, 0.25) is 5.91 Å². The summed E-state index contributed by atoms with van der Waals surface area (Å²) >= 11 is 0. The van der Waals surface area contributed by atoms with Gasteiger partial charge in [-0.1, -0.05) is 94.6 Å². The van der Waals surface area contributed by atoms with Gasteiger partial charge < -0.3 is 20.1 Å². The molecule has 0 aromatic carbocycles. The average Bonchev–Trinajstić information content (AvgIpc) is 3.00. The summed E-state index contributed by atoms with van der Waals surface area (Å²) in [6, 6.07) is 0. The van der Waals surface area contributed by atoms with Crippen LogP contribution >= 0.6 is 7.82 Å². The van der Waals surface area contributed by atoms with Crippen LogP contribution in [-0.4, -0.2) is 54.3 Å². The monoisotopic (exact) mass is 641 g/mol. The molecule has 0 heterocycles. The first kappa shape index (κ1) is 42.0. The van der Waals surface area contributed by atoms with Gasteiger partial charge in [0, 0.05) is 19.4 Å². The van der Waals surface area contributed by atoms with Crippen LogP contribution < -0.4 is 5.32 Å². The number of hydrogen-bond donors (Lipinski definition) is 3. The number of nitrogens with one attached hydrogen (secondary N) is 1. The summed E-state index contributed by atoms with van der Waals surface area (Å²) in [6.45, 7) is 3.28. The molecule has 2 atom stereocenters. The molecule has 2 unspecified atom stereocenters. The number of aliphatic hydroxyl groups is 1. The predicted octanol–water partition coefficient (Wildman–Crippen LogP) is 8.04. The number of hydrogen-bond acceptors (Lipinski definition) is 7. The molecule has 3 N–H and O–H groups in total. The smallest absolute Gasteiger partial charge is 0.463 e. The molecule has 0 aliphatic carbocycles. The van der Waals surface area contributed by atoms with Crippen molar-refractivity contribution in [3.63, 3.8) is 0 Å². The van der Waals surface area contributed by atoms with E-state index in [2.05, 4.69) is 67.8 Å². The maximum absolute atomic E-state index is 12.0. The number of aliphatic hydroxyl groups excluding tert-OH is 1. The lowest BCUT2D eigenvalue weighted by Crippen LogP contribution is -2.27. The second-order valence-electron chi connectivity index (χ2n) is 10.7. The number of ether oxygens (including phenoxy) is 1. The Morgan fingerprint density at radius 2 is 1.30 bits per heavy atom. The highest BCUT2D eigenvalue weighted by Crippen LogP contribution is 2.42. The molecule has 9 nitrogen and oxygen atoms in total. The van der Waals surface area contributed by atoms with Crippen LogP contribution in [0.15, 0.2) is 48.6 Å². The molecule has 0 spiro atoms. The van der Waals surface area contributed by atoms with E-state index in [1.54, 1.807) is 0 Å². The molecule has 0 rings (SSSR count). The van der Waals surface area contributed by atoms with Gasteiger partial charge in [-0.2, -0.15) is 0 Å². The molecular weight excluding hydrogens is 581 g/mol. The molecule has 10 heteroatoms. The number of unbranched alkanes of at least 4 members (excludes halogenated alkanes) is 9. The highest BCUT2D eigenvalue weighted by atomic mass is 31.2. The van der Waals surface area contributed by atoms with Crippen molar-refractivity contribution in [1.29, 1.82) is 0 Å². The Kier molecular flexibility index (Phi) is 29.5. The Balaban J connectivity index is 3.72. The maximum atomic E-state index is 12.0. The van der Waals surface area contributed by atoms with Crippen molar-refractivity contribution in [2.24, 2.45) is 0 Å². The minimum Gasteiger partial charge on any atom is -0.463 e. The lowest BCUT2D eigenvalue weighted by molar-refractivity contribution is -0.147. The average molecular weight is 642 g/mol. The normalized spacial score (nSPS) is 14.2. The summed E-state index contributed by atoms with van der Waals surface area (Å²) in [5.74, 6) is -0.565. The maximum Gasteiger partial charge on any atom is 0.472 e. The second kappa shape index (κ2) is 31.0. The molecule has 0 saturated heterocycles. The quantitative estimate of drug-likeness (QED) is 0.0311. The summed E-state index contributed by atoms with van der Waals surface area (Å²) in [4.78, 5) is 33.6. The van der Waals surface area contributed by atoms with E-state index in [0.29, 0.717) is 6.42 Å². The molecular formula is C34H60NO8P. The van der Waals surface area contributed by atoms with Gasteiger partial charge in [-0.25, -0.2) is 4.57 Å². The van der Waals surface area contributed by atoms with Crippen LogP contribution in [0.5, 0.6) is 0 Å². The number of rotatable bonds is 30. The summed E-state index contributed by atoms with van der Waals surface area (Å²) in [7, 11) is -4.41. The van der Waals surface area contributed by atoms with Crippen LogP contribution in [0.4, 0.5) is 0 Å². The largest absolute Gasteiger partial charge is 0.472 e. The zero-order chi connectivity index (χ0) is 32.6. The fourth-order valence-electron chi connectivity index (χ4n) is 3.98. The van der Waals surface area contributed by atoms with Crippen molar-refractivity contribution in [2.45, 2.75) is 129 Å². The van der Waals surface area contributed by atoms with Gasteiger partial charge in [-0.3, -0.25) is 18.6 Å². The van der Waals surface area contributed by atoms with E-state index in [1.165, 1.54) is 6.42 Å². The number of phosphoric acid groups is 1. The van der Waals surface area contributed by atoms with E-state index >= 15 is 0 Å². The fourth-order valence-corrected chi connectivity index (χ4v) is 4.74. The molecule has 0 aromatic heterocycles. The van der Waals surface area contributed by atoms with Gasteiger partial charge in [0.05, 0.1) is 13.2 Å². The van der Waals surface area contributed by atoms with Gasteiger partial charge in [-0.15, -0.1) is 0 Å². The van der Waals surface area contributed by atoms with E-state index in [1.807, 2.05) is 0 Å². The topological polar surface area (TPSA) is 131 Å². The Hall–Kier alpha value is -2.03. The molecule has 44 heavy (non-hydrogen) atoms. The van der Waals surface area contributed by atoms with Gasteiger partial charge in [-0.05, 0) is 64.2 Å². The Morgan fingerprint density at radius 3 is 2.00 bits per heavy atom. The third-order valence-electron chi connectivity index (χ3n) is 6.47. The summed E-state index contributed by atoms with van der Waals surface area (Å²) in [6.07, 6.45) is 31.9. The second-order valence-corrected chi connectivity index (χ2v) is 12.2. The number of amides is 1. The molecule has 254 valence electrons. The zero-order valence-electron chi connectivity index (χ0n) is 27.3. The van der Waals surface area contributed by atoms with Crippen LogP contribution in [0.25, 0.3) is 0 Å². The standard InChI is InChI=1S/C34H60NO8P/c1-3-5-7-9-11-13-15-16-17-18-20-22-24-26-33(37)35-28-29-42-44(39,40)43-31-32(36)30-41-34(38)27-25-23-21-19-14-12-10-8-6-4-2/h5,7-8,10-11,13,16-17,32,36H,3-4,6,9,12,14-15,18-31H2,1-2H3,(H,35,37)(H,39,40)/b7-5-,10-8-,13-11-,17-16-. The van der Waals surface area contributed by atoms with Crippen LogP contribution in [0.3, 0.4) is 0 Å². The van der Waals surface area contributed by atoms with Crippen LogP contribution in [0, 0.1) is 0 Å². The highest BCUT2D eigenvalue weighted by Gasteiger charge is 2.23. The number of carbonyl (C=O) groups is 2. The van der Waals surface area contributed by atoms with Crippen LogP contribution in [0.1, 0.15) is 123 Å².